The Balaban J connectivity index is 1.56. The van der Waals surface area contributed by atoms with E-state index < -0.39 is 0 Å². The molecular formula is C21H22N2O4S. The van der Waals surface area contributed by atoms with Crippen molar-refractivity contribution in [3.05, 3.63) is 59.1 Å². The first kappa shape index (κ1) is 19.7. The Bertz CT molecular complexity index is 938. The topological polar surface area (TPSA) is 69.7 Å². The third-order valence-corrected chi connectivity index (χ3v) is 5.14. The second kappa shape index (κ2) is 9.23. The highest BCUT2D eigenvalue weighted by Crippen LogP contribution is 2.28. The van der Waals surface area contributed by atoms with Gasteiger partial charge in [-0.1, -0.05) is 0 Å². The number of nitrogens with zero attached hydrogens (tertiary/aromatic N) is 1. The first-order chi connectivity index (χ1) is 13.6. The lowest BCUT2D eigenvalue weighted by Crippen LogP contribution is -2.25. The maximum atomic E-state index is 12.4. The maximum Gasteiger partial charge on any atom is 0.251 e. The molecule has 0 fully saturated rings. The minimum atomic E-state index is -0.161. The Morgan fingerprint density at radius 1 is 1.00 bits per heavy atom. The highest BCUT2D eigenvalue weighted by atomic mass is 32.1. The van der Waals surface area contributed by atoms with E-state index in [1.54, 1.807) is 50.9 Å². The molecule has 0 saturated carbocycles. The van der Waals surface area contributed by atoms with Gasteiger partial charge in [0, 0.05) is 29.5 Å². The Hall–Kier alpha value is -3.06. The lowest BCUT2D eigenvalue weighted by atomic mass is 10.2. The molecule has 1 heterocycles. The van der Waals surface area contributed by atoms with Gasteiger partial charge in [-0.3, -0.25) is 4.79 Å². The van der Waals surface area contributed by atoms with Crippen LogP contribution in [0.5, 0.6) is 17.2 Å². The van der Waals surface area contributed by atoms with Crippen molar-refractivity contribution in [2.75, 3.05) is 27.9 Å². The number of nitrogens with one attached hydrogen (secondary N) is 1. The molecular weight excluding hydrogens is 376 g/mol. The minimum absolute atomic E-state index is 0.161. The summed E-state index contributed by atoms with van der Waals surface area (Å²) in [5.74, 6) is 1.77. The van der Waals surface area contributed by atoms with Crippen LogP contribution in [0.4, 0.5) is 0 Å². The molecule has 1 N–H and O–H groups in total. The molecule has 0 saturated heterocycles. The van der Waals surface area contributed by atoms with Crippen LogP contribution in [0.2, 0.25) is 0 Å². The average Bonchev–Trinajstić information content (AvgIpc) is 3.22. The van der Waals surface area contributed by atoms with Crippen molar-refractivity contribution in [2.24, 2.45) is 0 Å². The smallest absolute Gasteiger partial charge is 0.251 e. The van der Waals surface area contributed by atoms with E-state index in [-0.39, 0.29) is 5.91 Å². The lowest BCUT2D eigenvalue weighted by Gasteiger charge is -2.09. The Kier molecular flexibility index (Phi) is 6.49. The summed E-state index contributed by atoms with van der Waals surface area (Å²) in [6, 6.07) is 12.9. The van der Waals surface area contributed by atoms with Gasteiger partial charge in [0.05, 0.1) is 27.0 Å². The summed E-state index contributed by atoms with van der Waals surface area (Å²) in [5.41, 5.74) is 2.52. The molecule has 0 bridgehead atoms. The van der Waals surface area contributed by atoms with Crippen molar-refractivity contribution in [2.45, 2.75) is 6.42 Å². The Morgan fingerprint density at radius 3 is 2.43 bits per heavy atom. The second-order valence-corrected chi connectivity index (χ2v) is 6.81. The molecule has 7 heteroatoms. The molecule has 28 heavy (non-hydrogen) atoms. The summed E-state index contributed by atoms with van der Waals surface area (Å²) < 4.78 is 15.6. The van der Waals surface area contributed by atoms with E-state index in [1.165, 1.54) is 0 Å². The first-order valence-electron chi connectivity index (χ1n) is 8.73. The predicted molar refractivity (Wildman–Crippen MR) is 110 cm³/mol. The second-order valence-electron chi connectivity index (χ2n) is 5.95. The van der Waals surface area contributed by atoms with Gasteiger partial charge in [0.1, 0.15) is 10.8 Å². The molecule has 0 aliphatic carbocycles. The highest BCUT2D eigenvalue weighted by molar-refractivity contribution is 7.13. The predicted octanol–water partition coefficient (Wildman–Crippen LogP) is 3.81. The van der Waals surface area contributed by atoms with E-state index in [1.807, 2.05) is 29.6 Å². The zero-order valence-electron chi connectivity index (χ0n) is 16.0. The summed E-state index contributed by atoms with van der Waals surface area (Å²) >= 11 is 1.59. The van der Waals surface area contributed by atoms with Crippen molar-refractivity contribution in [3.8, 4) is 27.8 Å². The summed E-state index contributed by atoms with van der Waals surface area (Å²) in [7, 11) is 4.75. The fourth-order valence-corrected chi connectivity index (χ4v) is 3.53. The van der Waals surface area contributed by atoms with Gasteiger partial charge in [-0.15, -0.1) is 11.3 Å². The van der Waals surface area contributed by atoms with Crippen LogP contribution in [0, 0.1) is 0 Å². The van der Waals surface area contributed by atoms with E-state index in [9.17, 15) is 4.79 Å². The molecule has 3 rings (SSSR count). The van der Waals surface area contributed by atoms with Crippen LogP contribution in [0.25, 0.3) is 10.6 Å². The molecule has 0 spiro atoms. The van der Waals surface area contributed by atoms with Gasteiger partial charge in [0.15, 0.2) is 11.5 Å². The molecule has 3 aromatic rings. The average molecular weight is 398 g/mol. The molecule has 0 radical (unpaired) electrons. The van der Waals surface area contributed by atoms with Gasteiger partial charge in [-0.05, 0) is 42.5 Å². The van der Waals surface area contributed by atoms with Gasteiger partial charge in [0.2, 0.25) is 0 Å². The fourth-order valence-electron chi connectivity index (χ4n) is 2.67. The minimum Gasteiger partial charge on any atom is -0.497 e. The van der Waals surface area contributed by atoms with E-state index in [2.05, 4.69) is 10.3 Å². The van der Waals surface area contributed by atoms with E-state index in [0.717, 1.165) is 22.0 Å². The zero-order valence-corrected chi connectivity index (χ0v) is 16.8. The number of hydrogen-bond donors (Lipinski definition) is 1. The van der Waals surface area contributed by atoms with Crippen LogP contribution in [-0.2, 0) is 6.42 Å². The normalized spacial score (nSPS) is 10.4. The van der Waals surface area contributed by atoms with Gasteiger partial charge in [-0.25, -0.2) is 4.98 Å². The standard InChI is InChI=1S/C21H22N2O4S/c1-25-17-7-4-14(5-8-17)21-23-16(13-28-21)10-11-22-20(24)15-6-9-18(26-2)19(12-15)27-3/h4-9,12-13H,10-11H2,1-3H3,(H,22,24). The van der Waals surface area contributed by atoms with Crippen LogP contribution >= 0.6 is 11.3 Å². The van der Waals surface area contributed by atoms with Crippen molar-refractivity contribution < 1.29 is 19.0 Å². The summed E-state index contributed by atoms with van der Waals surface area (Å²) in [5, 5.41) is 5.88. The lowest BCUT2D eigenvalue weighted by molar-refractivity contribution is 0.0953. The maximum absolute atomic E-state index is 12.4. The fraction of sp³-hybridized carbons (Fsp3) is 0.238. The number of hydrogen-bond acceptors (Lipinski definition) is 6. The van der Waals surface area contributed by atoms with Crippen LogP contribution in [0.15, 0.2) is 47.8 Å². The molecule has 0 atom stereocenters. The van der Waals surface area contributed by atoms with Crippen molar-refractivity contribution in [1.82, 2.24) is 10.3 Å². The van der Waals surface area contributed by atoms with Crippen LogP contribution in [0.1, 0.15) is 16.1 Å². The third kappa shape index (κ3) is 4.61. The van der Waals surface area contributed by atoms with Crippen molar-refractivity contribution in [1.29, 1.82) is 0 Å². The van der Waals surface area contributed by atoms with Gasteiger partial charge < -0.3 is 19.5 Å². The van der Waals surface area contributed by atoms with E-state index in [4.69, 9.17) is 14.2 Å². The number of benzene rings is 2. The summed E-state index contributed by atoms with van der Waals surface area (Å²) in [6.45, 7) is 0.499. The van der Waals surface area contributed by atoms with Crippen LogP contribution in [0.3, 0.4) is 0 Å². The van der Waals surface area contributed by atoms with E-state index in [0.29, 0.717) is 30.0 Å². The molecule has 2 aromatic carbocycles. The molecule has 1 aromatic heterocycles. The third-order valence-electron chi connectivity index (χ3n) is 4.20. The molecule has 0 aliphatic heterocycles. The number of carbonyl (C=O) groups excluding carboxylic acids is 1. The number of thiazole rings is 1. The van der Waals surface area contributed by atoms with Crippen LogP contribution < -0.4 is 19.5 Å². The van der Waals surface area contributed by atoms with Gasteiger partial charge in [0.25, 0.3) is 5.91 Å². The number of carbonyl (C=O) groups is 1. The first-order valence-corrected chi connectivity index (χ1v) is 9.61. The number of methoxy groups -OCH3 is 3. The Labute approximate surface area is 168 Å². The van der Waals surface area contributed by atoms with Crippen molar-refractivity contribution in [3.63, 3.8) is 0 Å². The molecule has 0 unspecified atom stereocenters. The molecule has 146 valence electrons. The highest BCUT2D eigenvalue weighted by Gasteiger charge is 2.11. The quantitative estimate of drug-likeness (QED) is 0.625. The molecule has 1 amide bonds. The number of ether oxygens (including phenoxy) is 3. The van der Waals surface area contributed by atoms with Gasteiger partial charge in [-0.2, -0.15) is 0 Å². The van der Waals surface area contributed by atoms with Crippen LogP contribution in [-0.4, -0.2) is 38.8 Å². The monoisotopic (exact) mass is 398 g/mol. The molecule has 6 nitrogen and oxygen atoms in total. The number of rotatable bonds is 8. The molecule has 0 aliphatic rings. The van der Waals surface area contributed by atoms with Gasteiger partial charge >= 0.3 is 0 Å². The Morgan fingerprint density at radius 2 is 1.75 bits per heavy atom. The van der Waals surface area contributed by atoms with E-state index >= 15 is 0 Å². The summed E-state index contributed by atoms with van der Waals surface area (Å²) in [6.07, 6.45) is 0.658. The zero-order chi connectivity index (χ0) is 19.9. The van der Waals surface area contributed by atoms with Crippen molar-refractivity contribution >= 4 is 17.2 Å². The summed E-state index contributed by atoms with van der Waals surface area (Å²) in [4.78, 5) is 17.0. The largest absolute Gasteiger partial charge is 0.497 e. The SMILES string of the molecule is COc1ccc(-c2nc(CCNC(=O)c3ccc(OC)c(OC)c3)cs2)cc1. The number of aromatic nitrogens is 1. The number of amides is 1.